The standard InChI is InChI=1S/C15H21FN2O.2ClH/c1-3-4-13(18-9-7-17-8-10-18)12-6-5-11(2)14(16)15(12)19;;/h3,5-6,13,17,19H,1,4,7-10H2,2H3;2*1H/t13-;;/m1../s1. The fourth-order valence-corrected chi connectivity index (χ4v) is 2.57. The highest BCUT2D eigenvalue weighted by Crippen LogP contribution is 2.34. The summed E-state index contributed by atoms with van der Waals surface area (Å²) in [4.78, 5) is 2.27. The number of piperazine rings is 1. The molecule has 0 amide bonds. The molecule has 1 heterocycles. The van der Waals surface area contributed by atoms with Crippen molar-refractivity contribution in [1.29, 1.82) is 0 Å². The Balaban J connectivity index is 0.00000200. The number of rotatable bonds is 4. The van der Waals surface area contributed by atoms with Crippen LogP contribution in [0.5, 0.6) is 5.75 Å². The van der Waals surface area contributed by atoms with E-state index in [9.17, 15) is 9.50 Å². The lowest BCUT2D eigenvalue weighted by Crippen LogP contribution is -2.45. The first-order valence-electron chi connectivity index (χ1n) is 6.68. The lowest BCUT2D eigenvalue weighted by Gasteiger charge is -2.35. The van der Waals surface area contributed by atoms with E-state index in [1.54, 1.807) is 13.0 Å². The SMILES string of the molecule is C=CC[C@H](c1ccc(C)c(F)c1O)N1CCNCC1.Cl.Cl. The van der Waals surface area contributed by atoms with Crippen molar-refractivity contribution in [3.8, 4) is 5.75 Å². The summed E-state index contributed by atoms with van der Waals surface area (Å²) in [5.41, 5.74) is 1.13. The van der Waals surface area contributed by atoms with E-state index in [-0.39, 0.29) is 36.6 Å². The van der Waals surface area contributed by atoms with Crippen molar-refractivity contribution in [2.24, 2.45) is 0 Å². The van der Waals surface area contributed by atoms with E-state index in [4.69, 9.17) is 0 Å². The van der Waals surface area contributed by atoms with E-state index in [1.807, 2.05) is 12.1 Å². The average Bonchev–Trinajstić information content (AvgIpc) is 2.44. The molecule has 0 aliphatic carbocycles. The van der Waals surface area contributed by atoms with Crippen LogP contribution in [-0.2, 0) is 0 Å². The smallest absolute Gasteiger partial charge is 0.168 e. The second kappa shape index (κ2) is 9.26. The van der Waals surface area contributed by atoms with Gasteiger partial charge in [-0.25, -0.2) is 4.39 Å². The van der Waals surface area contributed by atoms with Crippen molar-refractivity contribution in [2.45, 2.75) is 19.4 Å². The molecule has 1 aliphatic rings. The molecule has 3 nitrogen and oxygen atoms in total. The summed E-state index contributed by atoms with van der Waals surface area (Å²) in [6.45, 7) is 9.06. The molecule has 1 atom stereocenters. The van der Waals surface area contributed by atoms with Crippen LogP contribution in [0.4, 0.5) is 4.39 Å². The third-order valence-corrected chi connectivity index (χ3v) is 3.68. The lowest BCUT2D eigenvalue weighted by atomic mass is 9.98. The number of hydrogen-bond acceptors (Lipinski definition) is 3. The van der Waals surface area contributed by atoms with Crippen LogP contribution in [0.25, 0.3) is 0 Å². The molecular weight excluding hydrogens is 314 g/mol. The van der Waals surface area contributed by atoms with Gasteiger partial charge in [0.15, 0.2) is 11.6 Å². The Morgan fingerprint density at radius 2 is 2.00 bits per heavy atom. The zero-order valence-electron chi connectivity index (χ0n) is 12.1. The van der Waals surface area contributed by atoms with E-state index in [1.165, 1.54) is 0 Å². The fourth-order valence-electron chi connectivity index (χ4n) is 2.57. The molecule has 0 radical (unpaired) electrons. The third-order valence-electron chi connectivity index (χ3n) is 3.68. The van der Waals surface area contributed by atoms with Crippen LogP contribution >= 0.6 is 24.8 Å². The van der Waals surface area contributed by atoms with Gasteiger partial charge in [-0.3, -0.25) is 4.90 Å². The van der Waals surface area contributed by atoms with Crippen LogP contribution in [0.2, 0.25) is 0 Å². The minimum atomic E-state index is -0.512. The molecule has 0 aromatic heterocycles. The van der Waals surface area contributed by atoms with Gasteiger partial charge in [0.2, 0.25) is 0 Å². The minimum absolute atomic E-state index is 0. The molecule has 1 saturated heterocycles. The summed E-state index contributed by atoms with van der Waals surface area (Å²) in [5.74, 6) is -0.730. The van der Waals surface area contributed by atoms with Gasteiger partial charge < -0.3 is 10.4 Å². The summed E-state index contributed by atoms with van der Waals surface area (Å²) in [7, 11) is 0. The molecule has 6 heteroatoms. The Kier molecular flexibility index (Phi) is 8.90. The van der Waals surface area contributed by atoms with Crippen LogP contribution in [0.3, 0.4) is 0 Å². The van der Waals surface area contributed by atoms with E-state index >= 15 is 0 Å². The van der Waals surface area contributed by atoms with Gasteiger partial charge in [-0.05, 0) is 18.9 Å². The Morgan fingerprint density at radius 3 is 2.57 bits per heavy atom. The first-order chi connectivity index (χ1) is 9.15. The van der Waals surface area contributed by atoms with Crippen molar-refractivity contribution in [2.75, 3.05) is 26.2 Å². The summed E-state index contributed by atoms with van der Waals surface area (Å²) in [6.07, 6.45) is 2.53. The fraction of sp³-hybridized carbons (Fsp3) is 0.467. The van der Waals surface area contributed by atoms with Gasteiger partial charge in [0.1, 0.15) is 0 Å². The average molecular weight is 337 g/mol. The number of phenols is 1. The monoisotopic (exact) mass is 336 g/mol. The van der Waals surface area contributed by atoms with Gasteiger partial charge in [0, 0.05) is 37.8 Å². The number of phenolic OH excluding ortho intramolecular Hbond substituents is 1. The number of aryl methyl sites for hydroxylation is 1. The Bertz CT molecular complexity index is 465. The minimum Gasteiger partial charge on any atom is -0.505 e. The maximum atomic E-state index is 13.9. The maximum Gasteiger partial charge on any atom is 0.168 e. The van der Waals surface area contributed by atoms with Crippen LogP contribution in [0, 0.1) is 12.7 Å². The first-order valence-corrected chi connectivity index (χ1v) is 6.68. The van der Waals surface area contributed by atoms with Crippen molar-refractivity contribution >= 4 is 24.8 Å². The van der Waals surface area contributed by atoms with E-state index in [0.29, 0.717) is 17.5 Å². The molecule has 1 aromatic carbocycles. The lowest BCUT2D eigenvalue weighted by molar-refractivity contribution is 0.171. The third kappa shape index (κ3) is 4.58. The first kappa shape index (κ1) is 20.2. The second-order valence-electron chi connectivity index (χ2n) is 4.96. The number of nitrogens with zero attached hydrogens (tertiary/aromatic N) is 1. The van der Waals surface area contributed by atoms with Gasteiger partial charge in [0.25, 0.3) is 0 Å². The Morgan fingerprint density at radius 1 is 1.38 bits per heavy atom. The van der Waals surface area contributed by atoms with Gasteiger partial charge in [-0.1, -0.05) is 18.2 Å². The number of aromatic hydroxyl groups is 1. The van der Waals surface area contributed by atoms with Crippen molar-refractivity contribution < 1.29 is 9.50 Å². The van der Waals surface area contributed by atoms with Crippen LogP contribution < -0.4 is 5.32 Å². The zero-order valence-corrected chi connectivity index (χ0v) is 13.8. The van der Waals surface area contributed by atoms with Crippen molar-refractivity contribution in [1.82, 2.24) is 10.2 Å². The molecule has 120 valence electrons. The molecule has 2 N–H and O–H groups in total. The molecule has 21 heavy (non-hydrogen) atoms. The molecule has 0 saturated carbocycles. The molecule has 1 fully saturated rings. The summed E-state index contributed by atoms with van der Waals surface area (Å²) < 4.78 is 13.9. The molecular formula is C15H23Cl2FN2O. The Hall–Kier alpha value is -0.810. The predicted octanol–water partition coefficient (Wildman–Crippen LogP) is 3.21. The summed E-state index contributed by atoms with van der Waals surface area (Å²) >= 11 is 0. The topological polar surface area (TPSA) is 35.5 Å². The van der Waals surface area contributed by atoms with Crippen molar-refractivity contribution in [3.63, 3.8) is 0 Å². The maximum absolute atomic E-state index is 13.9. The van der Waals surface area contributed by atoms with Gasteiger partial charge in [-0.2, -0.15) is 0 Å². The quantitative estimate of drug-likeness (QED) is 0.829. The molecule has 0 unspecified atom stereocenters. The van der Waals surface area contributed by atoms with Crippen molar-refractivity contribution in [3.05, 3.63) is 41.7 Å². The summed E-state index contributed by atoms with van der Waals surface area (Å²) in [5, 5.41) is 13.3. The largest absolute Gasteiger partial charge is 0.505 e. The van der Waals surface area contributed by atoms with Gasteiger partial charge in [0.05, 0.1) is 0 Å². The highest BCUT2D eigenvalue weighted by molar-refractivity contribution is 5.85. The van der Waals surface area contributed by atoms with Gasteiger partial charge in [-0.15, -0.1) is 31.4 Å². The molecule has 1 aliphatic heterocycles. The number of halogens is 3. The normalized spacial score (nSPS) is 16.5. The highest BCUT2D eigenvalue weighted by atomic mass is 35.5. The van der Waals surface area contributed by atoms with E-state index < -0.39 is 5.82 Å². The second-order valence-corrected chi connectivity index (χ2v) is 4.96. The zero-order chi connectivity index (χ0) is 13.8. The molecule has 0 bridgehead atoms. The number of hydrogen-bond donors (Lipinski definition) is 2. The summed E-state index contributed by atoms with van der Waals surface area (Å²) in [6, 6.07) is 3.54. The number of nitrogens with one attached hydrogen (secondary N) is 1. The Labute approximate surface area is 138 Å². The molecule has 0 spiro atoms. The number of benzene rings is 1. The van der Waals surface area contributed by atoms with Crippen LogP contribution in [-0.4, -0.2) is 36.2 Å². The van der Waals surface area contributed by atoms with Crippen LogP contribution in [0.1, 0.15) is 23.6 Å². The van der Waals surface area contributed by atoms with E-state index in [0.717, 1.165) is 26.2 Å². The van der Waals surface area contributed by atoms with Crippen LogP contribution in [0.15, 0.2) is 24.8 Å². The molecule has 2 rings (SSSR count). The predicted molar refractivity (Wildman–Crippen MR) is 89.3 cm³/mol. The highest BCUT2D eigenvalue weighted by Gasteiger charge is 2.25. The van der Waals surface area contributed by atoms with Gasteiger partial charge >= 0.3 is 0 Å². The van der Waals surface area contributed by atoms with E-state index in [2.05, 4.69) is 16.8 Å². The molecule has 1 aromatic rings.